The molecule has 4 atom stereocenters. The fourth-order valence-corrected chi connectivity index (χ4v) is 3.38. The summed E-state index contributed by atoms with van der Waals surface area (Å²) in [6, 6.07) is 0. The van der Waals surface area contributed by atoms with Gasteiger partial charge in [0.2, 0.25) is 0 Å². The maximum atomic E-state index is 11.2. The quantitative estimate of drug-likeness (QED) is 0.355. The van der Waals surface area contributed by atoms with E-state index in [1.807, 2.05) is 20.8 Å². The van der Waals surface area contributed by atoms with Crippen molar-refractivity contribution in [2.45, 2.75) is 57.5 Å². The second-order valence-corrected chi connectivity index (χ2v) is 6.81. The fourth-order valence-electron chi connectivity index (χ4n) is 3.38. The summed E-state index contributed by atoms with van der Waals surface area (Å²) >= 11 is 0. The number of carbonyl (C=O) groups excluding carboxylic acids is 1. The zero-order chi connectivity index (χ0) is 16.1. The Morgan fingerprint density at radius 1 is 1.38 bits per heavy atom. The third-order valence-electron chi connectivity index (χ3n) is 4.85. The van der Waals surface area contributed by atoms with Gasteiger partial charge in [0.1, 0.15) is 17.3 Å². The van der Waals surface area contributed by atoms with Crippen molar-refractivity contribution in [3.63, 3.8) is 0 Å². The summed E-state index contributed by atoms with van der Waals surface area (Å²) in [5, 5.41) is 21.2. The summed E-state index contributed by atoms with van der Waals surface area (Å²) in [6.45, 7) is 7.38. The molecule has 0 radical (unpaired) electrons. The molecule has 0 aromatic heterocycles. The van der Waals surface area contributed by atoms with Gasteiger partial charge in [-0.15, -0.1) is 0 Å². The number of epoxide rings is 1. The first-order valence-corrected chi connectivity index (χ1v) is 7.11. The van der Waals surface area contributed by atoms with Gasteiger partial charge in [-0.2, -0.15) is 0 Å². The number of carbonyl (C=O) groups is 1. The van der Waals surface area contributed by atoms with Gasteiger partial charge in [0.05, 0.1) is 13.2 Å². The predicted octanol–water partition coefficient (Wildman–Crippen LogP) is 1.34. The van der Waals surface area contributed by atoms with E-state index in [-0.39, 0.29) is 6.10 Å². The number of hydrogen-bond donors (Lipinski definition) is 2. The van der Waals surface area contributed by atoms with Crippen LogP contribution in [0.2, 0.25) is 0 Å². The third-order valence-corrected chi connectivity index (χ3v) is 4.85. The molecular weight excluding hydrogens is 272 g/mol. The minimum Gasteiger partial charge on any atom is -0.466 e. The van der Waals surface area contributed by atoms with E-state index in [4.69, 9.17) is 4.74 Å². The van der Waals surface area contributed by atoms with Gasteiger partial charge in [0, 0.05) is 11.5 Å². The summed E-state index contributed by atoms with van der Waals surface area (Å²) < 4.78 is 10.2. The zero-order valence-corrected chi connectivity index (χ0v) is 13.2. The number of hydrogen-bond acceptors (Lipinski definition) is 5. The van der Waals surface area contributed by atoms with Crippen LogP contribution in [0.25, 0.3) is 0 Å². The van der Waals surface area contributed by atoms with E-state index in [0.29, 0.717) is 12.0 Å². The van der Waals surface area contributed by atoms with E-state index in [0.717, 1.165) is 0 Å². The first kappa shape index (κ1) is 16.2. The van der Waals surface area contributed by atoms with Crippen LogP contribution in [0.1, 0.15) is 34.1 Å². The fraction of sp³-hybridized carbons (Fsp3) is 0.688. The molecule has 1 aliphatic carbocycles. The van der Waals surface area contributed by atoms with Crippen LogP contribution in [-0.4, -0.2) is 46.7 Å². The van der Waals surface area contributed by atoms with Crippen molar-refractivity contribution < 1.29 is 24.5 Å². The largest absolute Gasteiger partial charge is 0.466 e. The molecule has 0 unspecified atom stereocenters. The van der Waals surface area contributed by atoms with Gasteiger partial charge in [-0.1, -0.05) is 19.9 Å². The number of allylic oxidation sites excluding steroid dienone is 2. The molecule has 2 fully saturated rings. The zero-order valence-electron chi connectivity index (χ0n) is 13.2. The van der Waals surface area contributed by atoms with Gasteiger partial charge >= 0.3 is 5.97 Å². The number of fused-ring (bicyclic) bond motifs is 1. The third kappa shape index (κ3) is 2.43. The SMILES string of the molecule is COC(=O)/C=C(C)/C=C/[C@]1(O)C(C)(C)C[C@H](O)[C@@H]2O[C@@]21C. The van der Waals surface area contributed by atoms with Crippen LogP contribution in [-0.2, 0) is 14.3 Å². The van der Waals surface area contributed by atoms with Crippen LogP contribution >= 0.6 is 0 Å². The smallest absolute Gasteiger partial charge is 0.330 e. The Bertz CT molecular complexity index is 500. The Kier molecular flexibility index (Phi) is 3.81. The molecule has 0 amide bonds. The normalized spacial score (nSPS) is 41.8. The number of esters is 1. The highest BCUT2D eigenvalue weighted by atomic mass is 16.6. The lowest BCUT2D eigenvalue weighted by Gasteiger charge is -2.48. The maximum absolute atomic E-state index is 11.2. The summed E-state index contributed by atoms with van der Waals surface area (Å²) in [7, 11) is 1.32. The van der Waals surface area contributed by atoms with Crippen molar-refractivity contribution in [2.75, 3.05) is 7.11 Å². The molecule has 1 saturated heterocycles. The number of rotatable bonds is 3. The van der Waals surface area contributed by atoms with Crippen LogP contribution in [0.15, 0.2) is 23.8 Å². The first-order chi connectivity index (χ1) is 9.57. The molecule has 5 heteroatoms. The van der Waals surface area contributed by atoms with E-state index in [2.05, 4.69) is 4.74 Å². The molecule has 1 aliphatic heterocycles. The molecule has 0 spiro atoms. The molecule has 2 N–H and O–H groups in total. The van der Waals surface area contributed by atoms with Gasteiger partial charge < -0.3 is 19.7 Å². The van der Waals surface area contributed by atoms with Crippen LogP contribution in [0.4, 0.5) is 0 Å². The summed E-state index contributed by atoms with van der Waals surface area (Å²) in [6.07, 6.45) is 4.27. The van der Waals surface area contributed by atoms with Crippen LogP contribution in [0.3, 0.4) is 0 Å². The minimum absolute atomic E-state index is 0.343. The highest BCUT2D eigenvalue weighted by Crippen LogP contribution is 2.60. The first-order valence-electron chi connectivity index (χ1n) is 7.11. The Labute approximate surface area is 125 Å². The highest BCUT2D eigenvalue weighted by Gasteiger charge is 2.74. The van der Waals surface area contributed by atoms with Crippen LogP contribution < -0.4 is 0 Å². The second-order valence-electron chi connectivity index (χ2n) is 6.81. The number of aliphatic hydroxyl groups is 2. The topological polar surface area (TPSA) is 79.3 Å². The Morgan fingerprint density at radius 3 is 2.57 bits per heavy atom. The maximum Gasteiger partial charge on any atom is 0.330 e. The summed E-state index contributed by atoms with van der Waals surface area (Å²) in [5.74, 6) is -0.436. The Balaban J connectivity index is 2.28. The number of methoxy groups -OCH3 is 1. The molecule has 1 heterocycles. The average molecular weight is 296 g/mol. The Morgan fingerprint density at radius 2 is 2.00 bits per heavy atom. The molecule has 21 heavy (non-hydrogen) atoms. The predicted molar refractivity (Wildman–Crippen MR) is 77.5 cm³/mol. The molecular formula is C16H24O5. The molecule has 0 aromatic carbocycles. The molecule has 2 aliphatic rings. The number of aliphatic hydroxyl groups excluding tert-OH is 1. The molecule has 1 saturated carbocycles. The molecule has 0 aromatic rings. The van der Waals surface area contributed by atoms with Gasteiger partial charge in [-0.25, -0.2) is 4.79 Å². The van der Waals surface area contributed by atoms with Crippen molar-refractivity contribution in [1.29, 1.82) is 0 Å². The lowest BCUT2D eigenvalue weighted by atomic mass is 9.59. The lowest BCUT2D eigenvalue weighted by Crippen LogP contribution is -2.60. The molecule has 5 nitrogen and oxygen atoms in total. The number of ether oxygens (including phenoxy) is 2. The van der Waals surface area contributed by atoms with Crippen LogP contribution in [0.5, 0.6) is 0 Å². The second kappa shape index (κ2) is 4.93. The average Bonchev–Trinajstić information content (AvgIpc) is 3.08. The van der Waals surface area contributed by atoms with Crippen molar-refractivity contribution in [3.8, 4) is 0 Å². The van der Waals surface area contributed by atoms with E-state index < -0.39 is 28.7 Å². The van der Waals surface area contributed by atoms with Gasteiger partial charge in [0.25, 0.3) is 0 Å². The van der Waals surface area contributed by atoms with E-state index in [1.54, 1.807) is 19.1 Å². The van der Waals surface area contributed by atoms with Crippen molar-refractivity contribution in [2.24, 2.45) is 5.41 Å². The molecule has 118 valence electrons. The summed E-state index contributed by atoms with van der Waals surface area (Å²) in [4.78, 5) is 11.2. The van der Waals surface area contributed by atoms with Crippen molar-refractivity contribution >= 4 is 5.97 Å². The van der Waals surface area contributed by atoms with Gasteiger partial charge in [-0.3, -0.25) is 0 Å². The highest BCUT2D eigenvalue weighted by molar-refractivity contribution is 5.83. The van der Waals surface area contributed by atoms with E-state index in [9.17, 15) is 15.0 Å². The van der Waals surface area contributed by atoms with Crippen molar-refractivity contribution in [1.82, 2.24) is 0 Å². The monoisotopic (exact) mass is 296 g/mol. The van der Waals surface area contributed by atoms with Crippen molar-refractivity contribution in [3.05, 3.63) is 23.8 Å². The molecule has 0 bridgehead atoms. The van der Waals surface area contributed by atoms with Gasteiger partial charge in [0.15, 0.2) is 0 Å². The lowest BCUT2D eigenvalue weighted by molar-refractivity contribution is -0.134. The summed E-state index contributed by atoms with van der Waals surface area (Å²) in [5.41, 5.74) is -1.88. The van der Waals surface area contributed by atoms with E-state index >= 15 is 0 Å². The Hall–Kier alpha value is -1.17. The standard InChI is InChI=1S/C16H24O5/c1-10(8-12(18)20-5)6-7-16(19)14(2,3)9-11(17)13-15(16,4)21-13/h6-8,11,13,17,19H,9H2,1-5H3/b7-6+,10-8+/t11-,13-,15-,16-/m0/s1. The molecule has 2 rings (SSSR count). The van der Waals surface area contributed by atoms with Crippen LogP contribution in [0, 0.1) is 5.41 Å². The van der Waals surface area contributed by atoms with E-state index in [1.165, 1.54) is 13.2 Å². The van der Waals surface area contributed by atoms with Gasteiger partial charge in [-0.05, 0) is 31.9 Å². The minimum atomic E-state index is -1.21.